The highest BCUT2D eigenvalue weighted by Crippen LogP contribution is 2.28. The standard InChI is InChI=1S/C15H25FN2O2/c1-4-20-15-10-14(13(17)9-12(15)16)18-6-8-19-7-5-11(2)3/h9-11,18H,4-8,17H2,1-3H3. The third kappa shape index (κ3) is 5.65. The van der Waals surface area contributed by atoms with Crippen LogP contribution in [-0.2, 0) is 4.74 Å². The topological polar surface area (TPSA) is 56.5 Å². The van der Waals surface area contributed by atoms with Crippen LogP contribution < -0.4 is 15.8 Å². The van der Waals surface area contributed by atoms with E-state index in [2.05, 4.69) is 19.2 Å². The minimum Gasteiger partial charge on any atom is -0.491 e. The smallest absolute Gasteiger partial charge is 0.167 e. The van der Waals surface area contributed by atoms with Gasteiger partial charge in [-0.05, 0) is 19.3 Å². The van der Waals surface area contributed by atoms with Gasteiger partial charge in [0, 0.05) is 25.3 Å². The summed E-state index contributed by atoms with van der Waals surface area (Å²) in [5, 5.41) is 3.13. The Bertz CT molecular complexity index is 411. The van der Waals surface area contributed by atoms with Crippen LogP contribution in [0.4, 0.5) is 15.8 Å². The predicted molar refractivity (Wildman–Crippen MR) is 80.7 cm³/mol. The quantitative estimate of drug-likeness (QED) is 0.540. The monoisotopic (exact) mass is 284 g/mol. The van der Waals surface area contributed by atoms with Gasteiger partial charge in [-0.3, -0.25) is 0 Å². The molecule has 1 aromatic rings. The summed E-state index contributed by atoms with van der Waals surface area (Å²) in [7, 11) is 0. The maximum atomic E-state index is 13.5. The number of benzene rings is 1. The van der Waals surface area contributed by atoms with E-state index in [0.29, 0.717) is 37.1 Å². The normalized spacial score (nSPS) is 10.8. The van der Waals surface area contributed by atoms with Gasteiger partial charge in [0.05, 0.1) is 24.6 Å². The molecule has 0 saturated heterocycles. The lowest BCUT2D eigenvalue weighted by molar-refractivity contribution is 0.132. The molecule has 0 saturated carbocycles. The number of nitrogens with one attached hydrogen (secondary N) is 1. The van der Waals surface area contributed by atoms with Crippen molar-refractivity contribution in [1.82, 2.24) is 0 Å². The Morgan fingerprint density at radius 2 is 2.05 bits per heavy atom. The fourth-order valence-corrected chi connectivity index (χ4v) is 1.67. The van der Waals surface area contributed by atoms with Crippen molar-refractivity contribution in [2.75, 3.05) is 37.4 Å². The minimum absolute atomic E-state index is 0.213. The molecule has 0 amide bonds. The van der Waals surface area contributed by atoms with Crippen LogP contribution in [0.2, 0.25) is 0 Å². The number of ether oxygens (including phenoxy) is 2. The van der Waals surface area contributed by atoms with Crippen LogP contribution in [0.3, 0.4) is 0 Å². The molecule has 0 aromatic heterocycles. The highest BCUT2D eigenvalue weighted by molar-refractivity contribution is 5.68. The SMILES string of the molecule is CCOc1cc(NCCOCCC(C)C)c(N)cc1F. The van der Waals surface area contributed by atoms with Crippen molar-refractivity contribution in [1.29, 1.82) is 0 Å². The van der Waals surface area contributed by atoms with E-state index in [1.54, 1.807) is 6.07 Å². The van der Waals surface area contributed by atoms with Gasteiger partial charge in [-0.25, -0.2) is 4.39 Å². The summed E-state index contributed by atoms with van der Waals surface area (Å²) in [6, 6.07) is 2.86. The highest BCUT2D eigenvalue weighted by Gasteiger charge is 2.08. The molecule has 3 N–H and O–H groups in total. The van der Waals surface area contributed by atoms with Crippen LogP contribution in [0, 0.1) is 11.7 Å². The lowest BCUT2D eigenvalue weighted by Gasteiger charge is -2.13. The van der Waals surface area contributed by atoms with Crippen LogP contribution >= 0.6 is 0 Å². The lowest BCUT2D eigenvalue weighted by atomic mass is 10.1. The first-order valence-corrected chi connectivity index (χ1v) is 7.08. The Morgan fingerprint density at radius 3 is 2.70 bits per heavy atom. The van der Waals surface area contributed by atoms with E-state index in [1.165, 1.54) is 6.07 Å². The maximum Gasteiger partial charge on any atom is 0.167 e. The molecule has 0 fully saturated rings. The Morgan fingerprint density at radius 1 is 1.30 bits per heavy atom. The summed E-state index contributed by atoms with van der Waals surface area (Å²) in [5.41, 5.74) is 6.81. The van der Waals surface area contributed by atoms with Crippen molar-refractivity contribution in [2.45, 2.75) is 27.2 Å². The van der Waals surface area contributed by atoms with E-state index in [-0.39, 0.29) is 5.75 Å². The number of nitrogens with two attached hydrogens (primary N) is 1. The van der Waals surface area contributed by atoms with Crippen LogP contribution in [0.1, 0.15) is 27.2 Å². The van der Waals surface area contributed by atoms with Crippen molar-refractivity contribution in [3.05, 3.63) is 17.9 Å². The van der Waals surface area contributed by atoms with Crippen LogP contribution in [0.15, 0.2) is 12.1 Å². The minimum atomic E-state index is -0.442. The summed E-state index contributed by atoms with van der Waals surface area (Å²) in [6.45, 7) is 8.52. The number of anilines is 2. The van der Waals surface area contributed by atoms with E-state index >= 15 is 0 Å². The average molecular weight is 284 g/mol. The Balaban J connectivity index is 2.41. The maximum absolute atomic E-state index is 13.5. The van der Waals surface area contributed by atoms with Gasteiger partial charge in [-0.15, -0.1) is 0 Å². The van der Waals surface area contributed by atoms with Gasteiger partial charge in [0.15, 0.2) is 11.6 Å². The van der Waals surface area contributed by atoms with Crippen LogP contribution in [0.25, 0.3) is 0 Å². The molecule has 0 radical (unpaired) electrons. The van der Waals surface area contributed by atoms with Crippen molar-refractivity contribution < 1.29 is 13.9 Å². The van der Waals surface area contributed by atoms with Gasteiger partial charge in [-0.2, -0.15) is 0 Å². The molecule has 0 aliphatic carbocycles. The summed E-state index contributed by atoms with van der Waals surface area (Å²) >= 11 is 0. The number of rotatable bonds is 9. The van der Waals surface area contributed by atoms with Gasteiger partial charge in [0.25, 0.3) is 0 Å². The molecule has 20 heavy (non-hydrogen) atoms. The van der Waals surface area contributed by atoms with E-state index < -0.39 is 5.82 Å². The zero-order valence-corrected chi connectivity index (χ0v) is 12.5. The summed E-state index contributed by atoms with van der Waals surface area (Å²) in [4.78, 5) is 0. The summed E-state index contributed by atoms with van der Waals surface area (Å²) in [6.07, 6.45) is 1.05. The second-order valence-corrected chi connectivity index (χ2v) is 5.02. The molecule has 0 bridgehead atoms. The van der Waals surface area contributed by atoms with Crippen molar-refractivity contribution in [2.24, 2.45) is 5.92 Å². The van der Waals surface area contributed by atoms with E-state index in [1.807, 2.05) is 6.92 Å². The van der Waals surface area contributed by atoms with E-state index in [4.69, 9.17) is 15.2 Å². The van der Waals surface area contributed by atoms with Crippen molar-refractivity contribution in [3.8, 4) is 5.75 Å². The largest absolute Gasteiger partial charge is 0.491 e. The Labute approximate surface area is 120 Å². The highest BCUT2D eigenvalue weighted by atomic mass is 19.1. The van der Waals surface area contributed by atoms with Gasteiger partial charge in [-0.1, -0.05) is 13.8 Å². The average Bonchev–Trinajstić information content (AvgIpc) is 2.38. The fraction of sp³-hybridized carbons (Fsp3) is 0.600. The summed E-state index contributed by atoms with van der Waals surface area (Å²) < 4.78 is 24.2. The first-order chi connectivity index (χ1) is 9.54. The number of hydrogen-bond donors (Lipinski definition) is 2. The zero-order valence-electron chi connectivity index (χ0n) is 12.5. The van der Waals surface area contributed by atoms with Crippen molar-refractivity contribution in [3.63, 3.8) is 0 Å². The first-order valence-electron chi connectivity index (χ1n) is 7.08. The molecular weight excluding hydrogens is 259 g/mol. The molecule has 0 aliphatic heterocycles. The van der Waals surface area contributed by atoms with Gasteiger partial charge >= 0.3 is 0 Å². The van der Waals surface area contributed by atoms with Crippen LogP contribution in [0.5, 0.6) is 5.75 Å². The fourth-order valence-electron chi connectivity index (χ4n) is 1.67. The molecule has 4 nitrogen and oxygen atoms in total. The molecular formula is C15H25FN2O2. The molecule has 0 aliphatic rings. The molecule has 0 spiro atoms. The van der Waals surface area contributed by atoms with Gasteiger partial charge < -0.3 is 20.5 Å². The molecule has 5 heteroatoms. The lowest BCUT2D eigenvalue weighted by Crippen LogP contribution is -2.12. The Kier molecular flexibility index (Phi) is 7.15. The molecule has 0 atom stereocenters. The zero-order chi connectivity index (χ0) is 15.0. The second-order valence-electron chi connectivity index (χ2n) is 5.02. The van der Waals surface area contributed by atoms with Crippen molar-refractivity contribution >= 4 is 11.4 Å². The number of halogens is 1. The van der Waals surface area contributed by atoms with Gasteiger partial charge in [0.2, 0.25) is 0 Å². The predicted octanol–water partition coefficient (Wildman–Crippen LogP) is 3.28. The van der Waals surface area contributed by atoms with Crippen LogP contribution in [-0.4, -0.2) is 26.4 Å². The molecule has 0 heterocycles. The Hall–Kier alpha value is -1.49. The third-order valence-corrected chi connectivity index (χ3v) is 2.81. The van der Waals surface area contributed by atoms with Gasteiger partial charge in [0.1, 0.15) is 0 Å². The molecule has 114 valence electrons. The summed E-state index contributed by atoms with van der Waals surface area (Å²) in [5.74, 6) is 0.414. The number of nitrogen functional groups attached to an aromatic ring is 1. The van der Waals surface area contributed by atoms with E-state index in [0.717, 1.165) is 13.0 Å². The molecule has 1 aromatic carbocycles. The number of hydrogen-bond acceptors (Lipinski definition) is 4. The third-order valence-electron chi connectivity index (χ3n) is 2.81. The first kappa shape index (κ1) is 16.6. The molecule has 0 unspecified atom stereocenters. The van der Waals surface area contributed by atoms with E-state index in [9.17, 15) is 4.39 Å². The second kappa shape index (κ2) is 8.64. The molecule has 1 rings (SSSR count).